The largest absolute Gasteiger partial charge is 0.399 e. The van der Waals surface area contributed by atoms with Crippen LogP contribution in [0, 0.1) is 12.8 Å². The highest BCUT2D eigenvalue weighted by atomic mass is 19.4. The van der Waals surface area contributed by atoms with Crippen molar-refractivity contribution in [2.45, 2.75) is 32.5 Å². The van der Waals surface area contributed by atoms with Crippen molar-refractivity contribution >= 4 is 11.6 Å². The van der Waals surface area contributed by atoms with Crippen molar-refractivity contribution in [2.24, 2.45) is 11.0 Å². The molecular weight excluding hydrogens is 343 g/mol. The number of hydrazone groups is 1. The van der Waals surface area contributed by atoms with Crippen LogP contribution in [0.25, 0.3) is 0 Å². The van der Waals surface area contributed by atoms with Gasteiger partial charge < -0.3 is 0 Å². The molecule has 3 rings (SSSR count). The summed E-state index contributed by atoms with van der Waals surface area (Å²) in [5.74, 6) is -2.47. The maximum absolute atomic E-state index is 13.9. The quantitative estimate of drug-likeness (QED) is 0.804. The molecule has 0 N–H and O–H groups in total. The Morgan fingerprint density at radius 2 is 1.73 bits per heavy atom. The Balaban J connectivity index is 2.14. The number of pyridine rings is 1. The normalized spacial score (nSPS) is 19.4. The van der Waals surface area contributed by atoms with E-state index in [1.807, 2.05) is 0 Å². The zero-order valence-electron chi connectivity index (χ0n) is 14.6. The van der Waals surface area contributed by atoms with E-state index in [1.54, 1.807) is 31.2 Å². The molecule has 1 aromatic carbocycles. The number of rotatable bonds is 2. The molecule has 1 aromatic heterocycles. The van der Waals surface area contributed by atoms with Crippen LogP contribution in [-0.2, 0) is 0 Å². The van der Waals surface area contributed by atoms with Crippen LogP contribution < -0.4 is 0 Å². The Labute approximate surface area is 149 Å². The van der Waals surface area contributed by atoms with Gasteiger partial charge in [0.2, 0.25) is 0 Å². The van der Waals surface area contributed by atoms with Crippen molar-refractivity contribution in [3.05, 3.63) is 65.5 Å². The molecule has 0 spiro atoms. The minimum absolute atomic E-state index is 0.136. The zero-order chi connectivity index (χ0) is 19.1. The van der Waals surface area contributed by atoms with Gasteiger partial charge in [0, 0.05) is 23.5 Å². The lowest BCUT2D eigenvalue weighted by molar-refractivity contribution is -0.175. The van der Waals surface area contributed by atoms with Crippen molar-refractivity contribution in [2.75, 3.05) is 0 Å². The van der Waals surface area contributed by atoms with Gasteiger partial charge in [0.05, 0.1) is 11.3 Å². The molecule has 1 aliphatic heterocycles. The Hall–Kier alpha value is -2.70. The lowest BCUT2D eigenvalue weighted by Crippen LogP contribution is -2.51. The van der Waals surface area contributed by atoms with Gasteiger partial charge in [-0.3, -0.25) is 9.78 Å². The summed E-state index contributed by atoms with van der Waals surface area (Å²) in [6, 6.07) is 9.67. The first-order valence-corrected chi connectivity index (χ1v) is 8.10. The molecule has 0 aliphatic carbocycles. The maximum Gasteiger partial charge on any atom is 0.399 e. The highest BCUT2D eigenvalue weighted by Crippen LogP contribution is 2.45. The number of halogens is 3. The Morgan fingerprint density at radius 3 is 2.31 bits per heavy atom. The fourth-order valence-corrected chi connectivity index (χ4v) is 3.30. The fourth-order valence-electron chi connectivity index (χ4n) is 3.30. The average Bonchev–Trinajstić information content (AvgIpc) is 2.86. The minimum Gasteiger partial charge on any atom is -0.267 e. The zero-order valence-corrected chi connectivity index (χ0v) is 14.6. The number of aryl methyl sites for hydroxylation is 1. The van der Waals surface area contributed by atoms with Crippen LogP contribution in [0.1, 0.15) is 35.3 Å². The molecule has 1 unspecified atom stereocenters. The summed E-state index contributed by atoms with van der Waals surface area (Å²) in [6.07, 6.45) is -1.70. The first-order valence-electron chi connectivity index (χ1n) is 8.10. The molecule has 26 heavy (non-hydrogen) atoms. The van der Waals surface area contributed by atoms with Crippen molar-refractivity contribution in [3.63, 3.8) is 0 Å². The first kappa shape index (κ1) is 18.1. The van der Waals surface area contributed by atoms with E-state index in [9.17, 15) is 18.0 Å². The monoisotopic (exact) mass is 361 g/mol. The number of carbonyl (C=O) groups is 1. The van der Waals surface area contributed by atoms with Crippen LogP contribution in [0.2, 0.25) is 0 Å². The second-order valence-corrected chi connectivity index (χ2v) is 6.78. The number of alkyl halides is 3. The number of carbonyl (C=O) groups excluding carboxylic acids is 1. The lowest BCUT2D eigenvalue weighted by atomic mass is 9.80. The second-order valence-electron chi connectivity index (χ2n) is 6.78. The molecule has 7 heteroatoms. The SMILES string of the molecule is Cc1ccccc1C1=NN(C(=O)c2ccncc2)C(C)(C)C1C(F)(F)F. The number of nitrogens with zero attached hydrogens (tertiary/aromatic N) is 3. The van der Waals surface area contributed by atoms with E-state index >= 15 is 0 Å². The Bertz CT molecular complexity index is 860. The smallest absolute Gasteiger partial charge is 0.267 e. The third-order valence-electron chi connectivity index (χ3n) is 4.60. The van der Waals surface area contributed by atoms with Gasteiger partial charge in [-0.05, 0) is 38.5 Å². The molecule has 0 radical (unpaired) electrons. The molecular formula is C19H18F3N3O. The van der Waals surface area contributed by atoms with Crippen LogP contribution in [-0.4, -0.2) is 33.3 Å². The minimum atomic E-state index is -4.54. The Kier molecular flexibility index (Phi) is 4.34. The number of hydrogen-bond donors (Lipinski definition) is 0. The topological polar surface area (TPSA) is 45.6 Å². The van der Waals surface area contributed by atoms with E-state index < -0.39 is 23.5 Å². The van der Waals surface area contributed by atoms with E-state index in [2.05, 4.69) is 10.1 Å². The molecule has 0 fully saturated rings. The molecule has 1 aliphatic rings. The lowest BCUT2D eigenvalue weighted by Gasteiger charge is -2.35. The second kappa shape index (κ2) is 6.23. The molecule has 0 saturated carbocycles. The van der Waals surface area contributed by atoms with Crippen molar-refractivity contribution < 1.29 is 18.0 Å². The molecule has 2 aromatic rings. The van der Waals surface area contributed by atoms with Gasteiger partial charge in [-0.2, -0.15) is 18.3 Å². The molecule has 1 amide bonds. The van der Waals surface area contributed by atoms with Gasteiger partial charge in [-0.1, -0.05) is 24.3 Å². The van der Waals surface area contributed by atoms with Crippen LogP contribution in [0.15, 0.2) is 53.9 Å². The summed E-state index contributed by atoms with van der Waals surface area (Å²) in [6.45, 7) is 4.50. The number of benzene rings is 1. The molecule has 1 atom stereocenters. The highest BCUT2D eigenvalue weighted by molar-refractivity contribution is 6.08. The average molecular weight is 361 g/mol. The van der Waals surface area contributed by atoms with Crippen LogP contribution in [0.3, 0.4) is 0 Å². The summed E-state index contributed by atoms with van der Waals surface area (Å²) in [5, 5.41) is 5.10. The van der Waals surface area contributed by atoms with Crippen molar-refractivity contribution in [3.8, 4) is 0 Å². The first-order chi connectivity index (χ1) is 12.1. The molecule has 4 nitrogen and oxygen atoms in total. The molecule has 2 heterocycles. The van der Waals surface area contributed by atoms with E-state index in [0.29, 0.717) is 11.1 Å². The van der Waals surface area contributed by atoms with Crippen molar-refractivity contribution in [1.29, 1.82) is 0 Å². The van der Waals surface area contributed by atoms with E-state index in [0.717, 1.165) is 5.01 Å². The predicted octanol–water partition coefficient (Wildman–Crippen LogP) is 4.21. The molecule has 0 saturated heterocycles. The van der Waals surface area contributed by atoms with Gasteiger partial charge in [0.25, 0.3) is 5.91 Å². The third kappa shape index (κ3) is 2.98. The fraction of sp³-hybridized carbons (Fsp3) is 0.316. The molecule has 136 valence electrons. The predicted molar refractivity (Wildman–Crippen MR) is 91.7 cm³/mol. The summed E-state index contributed by atoms with van der Waals surface area (Å²) in [4.78, 5) is 16.7. The van der Waals surface area contributed by atoms with Crippen LogP contribution >= 0.6 is 0 Å². The molecule has 0 bridgehead atoms. The summed E-state index contributed by atoms with van der Waals surface area (Å²) >= 11 is 0. The summed E-state index contributed by atoms with van der Waals surface area (Å²) < 4.78 is 41.8. The van der Waals surface area contributed by atoms with E-state index in [4.69, 9.17) is 0 Å². The Morgan fingerprint density at radius 1 is 1.12 bits per heavy atom. The summed E-state index contributed by atoms with van der Waals surface area (Å²) in [5.41, 5.74) is -0.384. The van der Waals surface area contributed by atoms with E-state index in [-0.39, 0.29) is 11.3 Å². The number of amides is 1. The third-order valence-corrected chi connectivity index (χ3v) is 4.60. The highest BCUT2D eigenvalue weighted by Gasteiger charge is 2.59. The van der Waals surface area contributed by atoms with Gasteiger partial charge in [0.1, 0.15) is 5.92 Å². The number of aromatic nitrogens is 1. The standard InChI is InChI=1S/C19H18F3N3O/c1-12-6-4-5-7-14(12)15-16(19(20,21)22)18(2,3)25(24-15)17(26)13-8-10-23-11-9-13/h4-11,16H,1-3H3. The van der Waals surface area contributed by atoms with Crippen LogP contribution in [0.5, 0.6) is 0 Å². The van der Waals surface area contributed by atoms with Crippen molar-refractivity contribution in [1.82, 2.24) is 9.99 Å². The van der Waals surface area contributed by atoms with Gasteiger partial charge in [0.15, 0.2) is 0 Å². The van der Waals surface area contributed by atoms with Crippen LogP contribution in [0.4, 0.5) is 13.2 Å². The van der Waals surface area contributed by atoms with E-state index in [1.165, 1.54) is 38.4 Å². The summed E-state index contributed by atoms with van der Waals surface area (Å²) in [7, 11) is 0. The number of hydrogen-bond acceptors (Lipinski definition) is 3. The van der Waals surface area contributed by atoms with Gasteiger partial charge in [-0.15, -0.1) is 0 Å². The van der Waals surface area contributed by atoms with Gasteiger partial charge >= 0.3 is 6.18 Å². The maximum atomic E-state index is 13.9. The van der Waals surface area contributed by atoms with Gasteiger partial charge in [-0.25, -0.2) is 5.01 Å².